The highest BCUT2D eigenvalue weighted by atomic mass is 32.2. The Bertz CT molecular complexity index is 1270. The molecule has 0 radical (unpaired) electrons. The Morgan fingerprint density at radius 2 is 1.77 bits per heavy atom. The van der Waals surface area contributed by atoms with Crippen LogP contribution in [0.25, 0.3) is 10.2 Å². The monoisotopic (exact) mass is 433 g/mol. The third kappa shape index (κ3) is 3.94. The molecule has 2 heterocycles. The van der Waals surface area contributed by atoms with E-state index in [1.807, 2.05) is 54.6 Å². The molecule has 7 heteroatoms. The van der Waals surface area contributed by atoms with E-state index >= 15 is 0 Å². The van der Waals surface area contributed by atoms with Gasteiger partial charge in [0.05, 0.1) is 11.4 Å². The summed E-state index contributed by atoms with van der Waals surface area (Å²) in [7, 11) is 0. The van der Waals surface area contributed by atoms with Crippen molar-refractivity contribution in [3.8, 4) is 0 Å². The van der Waals surface area contributed by atoms with E-state index in [9.17, 15) is 9.59 Å². The topological polar surface area (TPSA) is 85.1 Å². The van der Waals surface area contributed by atoms with Gasteiger partial charge in [0, 0.05) is 26.4 Å². The molecule has 0 saturated carbocycles. The van der Waals surface area contributed by atoms with Crippen LogP contribution in [0.4, 0.5) is 11.4 Å². The summed E-state index contributed by atoms with van der Waals surface area (Å²) in [5, 5.41) is 3.61. The molecule has 150 valence electrons. The summed E-state index contributed by atoms with van der Waals surface area (Å²) in [6.45, 7) is 3.27. The van der Waals surface area contributed by atoms with E-state index in [1.54, 1.807) is 24.8 Å². The Morgan fingerprint density at radius 1 is 1.07 bits per heavy atom. The van der Waals surface area contributed by atoms with E-state index in [-0.39, 0.29) is 11.7 Å². The van der Waals surface area contributed by atoms with Gasteiger partial charge in [0.15, 0.2) is 5.78 Å². The van der Waals surface area contributed by atoms with Crippen LogP contribution in [-0.2, 0) is 0 Å². The van der Waals surface area contributed by atoms with E-state index in [2.05, 4.69) is 10.3 Å². The van der Waals surface area contributed by atoms with Crippen LogP contribution in [-0.4, -0.2) is 16.7 Å². The average molecular weight is 434 g/mol. The normalized spacial score (nSPS) is 10.9. The number of carbonyl (C=O) groups excluding carboxylic acids is 2. The van der Waals surface area contributed by atoms with Crippen LogP contribution in [0.15, 0.2) is 70.5 Å². The van der Waals surface area contributed by atoms with Crippen LogP contribution >= 0.6 is 23.1 Å². The summed E-state index contributed by atoms with van der Waals surface area (Å²) in [5.41, 5.74) is 8.47. The second-order valence-corrected chi connectivity index (χ2v) is 8.85. The van der Waals surface area contributed by atoms with E-state index in [0.717, 1.165) is 9.79 Å². The lowest BCUT2D eigenvalue weighted by molar-refractivity contribution is 0.101. The van der Waals surface area contributed by atoms with Crippen LogP contribution in [0.1, 0.15) is 32.6 Å². The zero-order valence-electron chi connectivity index (χ0n) is 16.4. The van der Waals surface area contributed by atoms with E-state index < -0.39 is 0 Å². The quantitative estimate of drug-likeness (QED) is 0.389. The molecule has 2 aromatic heterocycles. The molecular weight excluding hydrogens is 414 g/mol. The molecular formula is C23H19N3O2S2. The fourth-order valence-electron chi connectivity index (χ4n) is 3.11. The van der Waals surface area contributed by atoms with E-state index in [0.29, 0.717) is 37.7 Å². The Hall–Kier alpha value is -3.16. The lowest BCUT2D eigenvalue weighted by atomic mass is 10.1. The number of Topliss-reactive ketones (excluding diaryl/α,β-unsaturated/α-hetero) is 1. The van der Waals surface area contributed by atoms with Gasteiger partial charge in [0.25, 0.3) is 5.91 Å². The van der Waals surface area contributed by atoms with Gasteiger partial charge in [-0.05, 0) is 44.2 Å². The maximum absolute atomic E-state index is 13.0. The van der Waals surface area contributed by atoms with Gasteiger partial charge in [-0.25, -0.2) is 4.98 Å². The number of aromatic nitrogens is 1. The van der Waals surface area contributed by atoms with Gasteiger partial charge in [0.1, 0.15) is 9.71 Å². The SMILES string of the molecule is CC(=O)c1cc2c(N)c(C(=O)Nc3ccccc3Sc3ccccc3)sc2nc1C. The summed E-state index contributed by atoms with van der Waals surface area (Å²) in [6.07, 6.45) is 0. The number of pyridine rings is 1. The first-order chi connectivity index (χ1) is 14.4. The number of rotatable bonds is 5. The predicted molar refractivity (Wildman–Crippen MR) is 124 cm³/mol. The molecule has 0 unspecified atom stereocenters. The first kappa shape index (κ1) is 20.1. The molecule has 2 aromatic carbocycles. The predicted octanol–water partition coefficient (Wildman–Crippen LogP) is 5.79. The van der Waals surface area contributed by atoms with Gasteiger partial charge in [-0.1, -0.05) is 42.1 Å². The van der Waals surface area contributed by atoms with Gasteiger partial charge in [0.2, 0.25) is 0 Å². The molecule has 0 atom stereocenters. The van der Waals surface area contributed by atoms with Crippen molar-refractivity contribution in [1.29, 1.82) is 0 Å². The summed E-state index contributed by atoms with van der Waals surface area (Å²) in [6, 6.07) is 19.3. The number of amides is 1. The largest absolute Gasteiger partial charge is 0.397 e. The zero-order valence-corrected chi connectivity index (χ0v) is 18.1. The van der Waals surface area contributed by atoms with Crippen molar-refractivity contribution in [2.75, 3.05) is 11.1 Å². The second-order valence-electron chi connectivity index (χ2n) is 6.74. The van der Waals surface area contributed by atoms with Crippen molar-refractivity contribution in [1.82, 2.24) is 4.98 Å². The molecule has 0 aliphatic rings. The Kier molecular flexibility index (Phi) is 5.57. The number of ketones is 1. The summed E-state index contributed by atoms with van der Waals surface area (Å²) in [5.74, 6) is -0.371. The van der Waals surface area contributed by atoms with Gasteiger partial charge < -0.3 is 11.1 Å². The minimum atomic E-state index is -0.293. The second kappa shape index (κ2) is 8.30. The number of nitrogen functional groups attached to an aromatic ring is 1. The maximum atomic E-state index is 13.0. The van der Waals surface area contributed by atoms with Gasteiger partial charge in [-0.2, -0.15) is 0 Å². The van der Waals surface area contributed by atoms with Gasteiger partial charge in [-0.15, -0.1) is 11.3 Å². The highest BCUT2D eigenvalue weighted by Gasteiger charge is 2.20. The van der Waals surface area contributed by atoms with Crippen molar-refractivity contribution in [3.63, 3.8) is 0 Å². The van der Waals surface area contributed by atoms with Crippen molar-refractivity contribution >= 4 is 56.4 Å². The number of hydrogen-bond donors (Lipinski definition) is 2. The summed E-state index contributed by atoms with van der Waals surface area (Å²) >= 11 is 2.80. The van der Waals surface area contributed by atoms with Crippen molar-refractivity contribution in [3.05, 3.63) is 76.8 Å². The van der Waals surface area contributed by atoms with E-state index in [4.69, 9.17) is 5.73 Å². The number of nitrogens with one attached hydrogen (secondary N) is 1. The van der Waals surface area contributed by atoms with Crippen LogP contribution in [0, 0.1) is 6.92 Å². The molecule has 3 N–H and O–H groups in total. The standard InChI is InChI=1S/C23H19N3O2S2/c1-13-16(14(2)27)12-17-20(24)21(30-23(17)25-13)22(28)26-18-10-6-7-11-19(18)29-15-8-4-3-5-9-15/h3-12H,24H2,1-2H3,(H,26,28). The molecule has 0 aliphatic heterocycles. The smallest absolute Gasteiger partial charge is 0.267 e. The fraction of sp³-hybridized carbons (Fsp3) is 0.0870. The molecule has 0 fully saturated rings. The molecule has 0 saturated heterocycles. The van der Waals surface area contributed by atoms with Crippen molar-refractivity contribution < 1.29 is 9.59 Å². The maximum Gasteiger partial charge on any atom is 0.267 e. The molecule has 4 aromatic rings. The number of benzene rings is 2. The van der Waals surface area contributed by atoms with Crippen LogP contribution < -0.4 is 11.1 Å². The highest BCUT2D eigenvalue weighted by Crippen LogP contribution is 2.36. The first-order valence-electron chi connectivity index (χ1n) is 9.28. The Balaban J connectivity index is 1.66. The van der Waals surface area contributed by atoms with Gasteiger partial charge >= 0.3 is 0 Å². The average Bonchev–Trinajstić information content (AvgIpc) is 3.05. The minimum Gasteiger partial charge on any atom is -0.397 e. The number of para-hydroxylation sites is 1. The Labute approximate surface area is 182 Å². The molecule has 4 rings (SSSR count). The van der Waals surface area contributed by atoms with Crippen LogP contribution in [0.2, 0.25) is 0 Å². The number of hydrogen-bond acceptors (Lipinski definition) is 6. The highest BCUT2D eigenvalue weighted by molar-refractivity contribution is 7.99. The number of nitrogens with zero attached hydrogens (tertiary/aromatic N) is 1. The van der Waals surface area contributed by atoms with Crippen LogP contribution in [0.5, 0.6) is 0 Å². The third-order valence-corrected chi connectivity index (χ3v) is 6.80. The number of thiophene rings is 1. The van der Waals surface area contributed by atoms with E-state index in [1.165, 1.54) is 18.3 Å². The number of carbonyl (C=O) groups is 2. The first-order valence-corrected chi connectivity index (χ1v) is 10.9. The van der Waals surface area contributed by atoms with Crippen molar-refractivity contribution in [2.45, 2.75) is 23.6 Å². The Morgan fingerprint density at radius 3 is 2.50 bits per heavy atom. The van der Waals surface area contributed by atoms with Crippen LogP contribution in [0.3, 0.4) is 0 Å². The minimum absolute atomic E-state index is 0.0784. The summed E-state index contributed by atoms with van der Waals surface area (Å²) < 4.78 is 0. The number of aryl methyl sites for hydroxylation is 1. The number of anilines is 2. The molecule has 0 bridgehead atoms. The summed E-state index contributed by atoms with van der Waals surface area (Å²) in [4.78, 5) is 32.4. The third-order valence-electron chi connectivity index (χ3n) is 4.60. The molecule has 30 heavy (non-hydrogen) atoms. The molecule has 0 aliphatic carbocycles. The fourth-order valence-corrected chi connectivity index (χ4v) is 5.05. The molecule has 1 amide bonds. The van der Waals surface area contributed by atoms with Crippen molar-refractivity contribution in [2.24, 2.45) is 0 Å². The molecule has 5 nitrogen and oxygen atoms in total. The number of nitrogens with two attached hydrogens (primary N) is 1. The molecule has 0 spiro atoms. The van der Waals surface area contributed by atoms with Gasteiger partial charge in [-0.3, -0.25) is 9.59 Å². The lowest BCUT2D eigenvalue weighted by Crippen LogP contribution is -2.12. The lowest BCUT2D eigenvalue weighted by Gasteiger charge is -2.10. The zero-order chi connectivity index (χ0) is 21.3. The number of fused-ring (bicyclic) bond motifs is 1.